The number of carbonyl (C=O) groups excluding carboxylic acids is 2. The lowest BCUT2D eigenvalue weighted by Gasteiger charge is -2.13. The largest absolute Gasteiger partial charge is 0.496 e. The topological polar surface area (TPSA) is 79.8 Å². The Hall–Kier alpha value is -2.08. The van der Waals surface area contributed by atoms with Gasteiger partial charge in [-0.3, -0.25) is 9.59 Å². The molecule has 1 aromatic carbocycles. The molecule has 1 aliphatic heterocycles. The highest BCUT2D eigenvalue weighted by molar-refractivity contribution is 6.39. The number of hydrazone groups is 1. The average Bonchev–Trinajstić information content (AvgIpc) is 2.45. The van der Waals surface area contributed by atoms with Gasteiger partial charge in [0.2, 0.25) is 5.91 Å². The van der Waals surface area contributed by atoms with Crippen LogP contribution in [-0.2, 0) is 16.1 Å². The molecule has 20 heavy (non-hydrogen) atoms. The third-order valence-corrected chi connectivity index (χ3v) is 3.08. The maximum Gasteiger partial charge on any atom is 0.267 e. The molecule has 0 saturated carbocycles. The van der Waals surface area contributed by atoms with E-state index in [0.29, 0.717) is 22.9 Å². The molecule has 0 atom stereocenters. The van der Waals surface area contributed by atoms with Crippen LogP contribution in [-0.4, -0.2) is 24.6 Å². The zero-order chi connectivity index (χ0) is 14.5. The van der Waals surface area contributed by atoms with Crippen molar-refractivity contribution in [1.29, 1.82) is 0 Å². The van der Waals surface area contributed by atoms with Gasteiger partial charge in [0, 0.05) is 30.0 Å². The Morgan fingerprint density at radius 2 is 2.30 bits per heavy atom. The fraction of sp³-hybridized carbons (Fsp3) is 0.308. The maximum absolute atomic E-state index is 11.9. The summed E-state index contributed by atoms with van der Waals surface area (Å²) >= 11 is 5.91. The summed E-state index contributed by atoms with van der Waals surface area (Å²) in [6.07, 6.45) is 0.608. The van der Waals surface area contributed by atoms with E-state index in [1.807, 2.05) is 0 Å². The van der Waals surface area contributed by atoms with Crippen LogP contribution in [0.5, 0.6) is 5.75 Å². The Kier molecular flexibility index (Phi) is 4.57. The summed E-state index contributed by atoms with van der Waals surface area (Å²) in [4.78, 5) is 22.8. The van der Waals surface area contributed by atoms with Gasteiger partial charge in [-0.2, -0.15) is 5.10 Å². The van der Waals surface area contributed by atoms with E-state index in [4.69, 9.17) is 16.3 Å². The lowest BCUT2D eigenvalue weighted by Crippen LogP contribution is -2.36. The van der Waals surface area contributed by atoms with Crippen LogP contribution < -0.4 is 15.5 Å². The third kappa shape index (κ3) is 3.48. The number of amides is 2. The van der Waals surface area contributed by atoms with Crippen LogP contribution in [0.15, 0.2) is 23.3 Å². The van der Waals surface area contributed by atoms with E-state index in [1.165, 1.54) is 0 Å². The molecule has 0 fully saturated rings. The van der Waals surface area contributed by atoms with Crippen molar-refractivity contribution < 1.29 is 14.3 Å². The Labute approximate surface area is 121 Å². The molecule has 0 radical (unpaired) electrons. The number of rotatable bonds is 4. The number of benzene rings is 1. The molecule has 2 rings (SSSR count). The van der Waals surface area contributed by atoms with Crippen LogP contribution >= 0.6 is 11.6 Å². The Morgan fingerprint density at radius 1 is 1.50 bits per heavy atom. The molecular formula is C13H14ClN3O3. The van der Waals surface area contributed by atoms with Gasteiger partial charge in [-0.15, -0.1) is 0 Å². The van der Waals surface area contributed by atoms with Crippen molar-refractivity contribution in [3.63, 3.8) is 0 Å². The first-order chi connectivity index (χ1) is 9.60. The number of hydrogen-bond donors (Lipinski definition) is 2. The fourth-order valence-corrected chi connectivity index (χ4v) is 2.00. The zero-order valence-corrected chi connectivity index (χ0v) is 11.7. The summed E-state index contributed by atoms with van der Waals surface area (Å²) in [5, 5.41) is 7.02. The molecule has 1 heterocycles. The number of hydrogen-bond acceptors (Lipinski definition) is 4. The smallest absolute Gasteiger partial charge is 0.267 e. The minimum Gasteiger partial charge on any atom is -0.496 e. The van der Waals surface area contributed by atoms with Crippen molar-refractivity contribution in [3.05, 3.63) is 28.8 Å². The lowest BCUT2D eigenvalue weighted by atomic mass is 10.1. The van der Waals surface area contributed by atoms with E-state index in [2.05, 4.69) is 15.8 Å². The maximum atomic E-state index is 11.9. The quantitative estimate of drug-likeness (QED) is 0.877. The summed E-state index contributed by atoms with van der Waals surface area (Å²) in [6.45, 7) is 0.273. The Balaban J connectivity index is 2.00. The van der Waals surface area contributed by atoms with Gasteiger partial charge in [0.25, 0.3) is 5.91 Å². The van der Waals surface area contributed by atoms with E-state index in [0.717, 1.165) is 5.56 Å². The number of nitrogens with one attached hydrogen (secondary N) is 2. The summed E-state index contributed by atoms with van der Waals surface area (Å²) in [7, 11) is 1.55. The number of halogens is 1. The predicted octanol–water partition coefficient (Wildman–Crippen LogP) is 1.23. The van der Waals surface area contributed by atoms with Crippen LogP contribution in [0.2, 0.25) is 5.02 Å². The van der Waals surface area contributed by atoms with Gasteiger partial charge in [0.1, 0.15) is 11.5 Å². The fourth-order valence-electron chi connectivity index (χ4n) is 1.80. The van der Waals surface area contributed by atoms with Gasteiger partial charge < -0.3 is 10.1 Å². The summed E-state index contributed by atoms with van der Waals surface area (Å²) in [6, 6.07) is 5.18. The molecule has 0 saturated heterocycles. The van der Waals surface area contributed by atoms with Gasteiger partial charge >= 0.3 is 0 Å². The second-order valence-electron chi connectivity index (χ2n) is 4.23. The van der Waals surface area contributed by atoms with Crippen molar-refractivity contribution in [2.24, 2.45) is 5.10 Å². The van der Waals surface area contributed by atoms with E-state index < -0.39 is 0 Å². The second kappa shape index (κ2) is 6.38. The standard InChI is InChI=1S/C13H14ClN3O3/c1-20-11-4-2-9(14)6-8(11)7-15-13(19)10-3-5-12(18)17-16-10/h2,4,6H,3,5,7H2,1H3,(H,15,19)(H,17,18). The molecule has 0 unspecified atom stereocenters. The van der Waals surface area contributed by atoms with Crippen LogP contribution in [0.1, 0.15) is 18.4 Å². The molecule has 0 spiro atoms. The molecule has 106 valence electrons. The van der Waals surface area contributed by atoms with E-state index in [-0.39, 0.29) is 24.8 Å². The predicted molar refractivity (Wildman–Crippen MR) is 74.7 cm³/mol. The lowest BCUT2D eigenvalue weighted by molar-refractivity contribution is -0.121. The number of ether oxygens (including phenoxy) is 1. The second-order valence-corrected chi connectivity index (χ2v) is 4.67. The molecule has 7 heteroatoms. The highest BCUT2D eigenvalue weighted by Crippen LogP contribution is 2.22. The first-order valence-electron chi connectivity index (χ1n) is 6.06. The van der Waals surface area contributed by atoms with Crippen molar-refractivity contribution >= 4 is 29.1 Å². The summed E-state index contributed by atoms with van der Waals surface area (Å²) in [5.41, 5.74) is 3.37. The Morgan fingerprint density at radius 3 is 2.95 bits per heavy atom. The van der Waals surface area contributed by atoms with Crippen LogP contribution in [0.4, 0.5) is 0 Å². The van der Waals surface area contributed by atoms with Gasteiger partial charge in [-0.1, -0.05) is 11.6 Å². The number of methoxy groups -OCH3 is 1. The van der Waals surface area contributed by atoms with Crippen molar-refractivity contribution in [2.75, 3.05) is 7.11 Å². The molecule has 6 nitrogen and oxygen atoms in total. The summed E-state index contributed by atoms with van der Waals surface area (Å²) < 4.78 is 5.19. The summed E-state index contributed by atoms with van der Waals surface area (Å²) in [5.74, 6) is 0.152. The van der Waals surface area contributed by atoms with Crippen LogP contribution in [0.3, 0.4) is 0 Å². The highest BCUT2D eigenvalue weighted by atomic mass is 35.5. The van der Waals surface area contributed by atoms with Crippen molar-refractivity contribution in [1.82, 2.24) is 10.7 Å². The van der Waals surface area contributed by atoms with Gasteiger partial charge in [-0.05, 0) is 18.2 Å². The van der Waals surface area contributed by atoms with E-state index >= 15 is 0 Å². The molecular weight excluding hydrogens is 282 g/mol. The molecule has 2 N–H and O–H groups in total. The molecule has 1 aliphatic rings. The molecule has 1 aromatic rings. The highest BCUT2D eigenvalue weighted by Gasteiger charge is 2.18. The molecule has 0 bridgehead atoms. The van der Waals surface area contributed by atoms with Crippen LogP contribution in [0.25, 0.3) is 0 Å². The molecule has 0 aliphatic carbocycles. The first-order valence-corrected chi connectivity index (χ1v) is 6.44. The average molecular weight is 296 g/mol. The van der Waals surface area contributed by atoms with Gasteiger partial charge in [0.15, 0.2) is 0 Å². The normalized spacial score (nSPS) is 14.3. The van der Waals surface area contributed by atoms with Crippen LogP contribution in [0, 0.1) is 0 Å². The monoisotopic (exact) mass is 295 g/mol. The number of nitrogens with zero attached hydrogens (tertiary/aromatic N) is 1. The molecule has 2 amide bonds. The Bertz CT molecular complexity index is 572. The third-order valence-electron chi connectivity index (χ3n) is 2.85. The van der Waals surface area contributed by atoms with Gasteiger partial charge in [0.05, 0.1) is 7.11 Å². The zero-order valence-electron chi connectivity index (χ0n) is 10.9. The molecule has 0 aromatic heterocycles. The minimum atomic E-state index is -0.313. The van der Waals surface area contributed by atoms with E-state index in [1.54, 1.807) is 25.3 Å². The number of carbonyl (C=O) groups is 2. The van der Waals surface area contributed by atoms with Crippen molar-refractivity contribution in [2.45, 2.75) is 19.4 Å². The van der Waals surface area contributed by atoms with Gasteiger partial charge in [-0.25, -0.2) is 5.43 Å². The SMILES string of the molecule is COc1ccc(Cl)cc1CNC(=O)C1=NNC(=O)CC1. The minimum absolute atomic E-state index is 0.182. The van der Waals surface area contributed by atoms with E-state index in [9.17, 15) is 9.59 Å². The first kappa shape index (κ1) is 14.3. The van der Waals surface area contributed by atoms with Crippen molar-refractivity contribution in [3.8, 4) is 5.75 Å².